The van der Waals surface area contributed by atoms with E-state index in [-0.39, 0.29) is 5.88 Å². The SMILES string of the molecule is CC.Cc1cc(B2OC(C)(C)C(C)(C)O2)c2ncc(OC(F)F)nc2c1. The monoisotopic (exact) mass is 366 g/mol. The van der Waals surface area contributed by atoms with E-state index in [1.54, 1.807) is 6.07 Å². The molecule has 1 aliphatic rings. The highest BCUT2D eigenvalue weighted by Gasteiger charge is 2.52. The Hall–Kier alpha value is -1.80. The second kappa shape index (κ2) is 7.44. The van der Waals surface area contributed by atoms with Gasteiger partial charge >= 0.3 is 13.7 Å². The van der Waals surface area contributed by atoms with Crippen LogP contribution in [0.1, 0.15) is 47.1 Å². The molecule has 0 aliphatic carbocycles. The van der Waals surface area contributed by atoms with Gasteiger partial charge in [0.2, 0.25) is 5.88 Å². The normalized spacial score (nSPS) is 18.0. The van der Waals surface area contributed by atoms with Crippen molar-refractivity contribution in [1.82, 2.24) is 9.97 Å². The lowest BCUT2D eigenvalue weighted by molar-refractivity contribution is -0.0528. The van der Waals surface area contributed by atoms with Crippen LogP contribution < -0.4 is 10.2 Å². The van der Waals surface area contributed by atoms with Crippen molar-refractivity contribution in [1.29, 1.82) is 0 Å². The number of aromatic nitrogens is 2. The maximum absolute atomic E-state index is 12.4. The zero-order valence-electron chi connectivity index (χ0n) is 16.3. The van der Waals surface area contributed by atoms with Gasteiger partial charge in [-0.2, -0.15) is 8.78 Å². The summed E-state index contributed by atoms with van der Waals surface area (Å²) in [5.41, 5.74) is 1.65. The summed E-state index contributed by atoms with van der Waals surface area (Å²) in [5.74, 6) is -0.219. The third kappa shape index (κ3) is 3.96. The minimum absolute atomic E-state index is 0.219. The molecule has 1 fully saturated rings. The highest BCUT2D eigenvalue weighted by molar-refractivity contribution is 6.64. The van der Waals surface area contributed by atoms with Crippen LogP contribution in [0, 0.1) is 6.92 Å². The summed E-state index contributed by atoms with van der Waals surface area (Å²) in [5, 5.41) is 0. The van der Waals surface area contributed by atoms with Crippen LogP contribution in [-0.2, 0) is 9.31 Å². The minimum atomic E-state index is -2.94. The van der Waals surface area contributed by atoms with Crippen molar-refractivity contribution >= 4 is 23.6 Å². The highest BCUT2D eigenvalue weighted by Crippen LogP contribution is 2.37. The average molecular weight is 366 g/mol. The smallest absolute Gasteiger partial charge is 0.415 e. The lowest BCUT2D eigenvalue weighted by Gasteiger charge is -2.32. The van der Waals surface area contributed by atoms with Crippen LogP contribution in [-0.4, -0.2) is 34.9 Å². The van der Waals surface area contributed by atoms with Gasteiger partial charge in [-0.25, -0.2) is 9.97 Å². The summed E-state index contributed by atoms with van der Waals surface area (Å²) in [4.78, 5) is 8.34. The Morgan fingerprint density at radius 1 is 1.08 bits per heavy atom. The van der Waals surface area contributed by atoms with E-state index in [0.717, 1.165) is 11.0 Å². The van der Waals surface area contributed by atoms with Gasteiger partial charge in [-0.3, -0.25) is 0 Å². The van der Waals surface area contributed by atoms with Crippen molar-refractivity contribution in [3.8, 4) is 5.88 Å². The Morgan fingerprint density at radius 2 is 1.65 bits per heavy atom. The van der Waals surface area contributed by atoms with E-state index in [1.807, 2.05) is 54.5 Å². The summed E-state index contributed by atoms with van der Waals surface area (Å²) >= 11 is 0. The number of hydrogen-bond donors (Lipinski definition) is 0. The molecule has 0 N–H and O–H groups in total. The van der Waals surface area contributed by atoms with Crippen molar-refractivity contribution in [3.05, 3.63) is 23.9 Å². The molecule has 0 unspecified atom stereocenters. The van der Waals surface area contributed by atoms with Crippen LogP contribution in [0.2, 0.25) is 0 Å². The van der Waals surface area contributed by atoms with Crippen LogP contribution >= 0.6 is 0 Å². The quantitative estimate of drug-likeness (QED) is 0.772. The Balaban J connectivity index is 0.00000117. The molecule has 0 spiro atoms. The topological polar surface area (TPSA) is 53.5 Å². The van der Waals surface area contributed by atoms with Gasteiger partial charge in [0.25, 0.3) is 0 Å². The number of alkyl halides is 2. The van der Waals surface area contributed by atoms with Gasteiger partial charge in [0.05, 0.1) is 28.4 Å². The first-order chi connectivity index (χ1) is 12.1. The molecular weight excluding hydrogens is 341 g/mol. The predicted molar refractivity (Wildman–Crippen MR) is 98.0 cm³/mol. The Morgan fingerprint density at radius 3 is 2.19 bits per heavy atom. The van der Waals surface area contributed by atoms with Crippen LogP contribution in [0.15, 0.2) is 18.3 Å². The fourth-order valence-electron chi connectivity index (χ4n) is 2.58. The number of fused-ring (bicyclic) bond motifs is 1. The van der Waals surface area contributed by atoms with E-state index in [1.165, 1.54) is 6.20 Å². The number of nitrogens with zero attached hydrogens (tertiary/aromatic N) is 2. The van der Waals surface area contributed by atoms with E-state index < -0.39 is 24.9 Å². The summed E-state index contributed by atoms with van der Waals surface area (Å²) in [6, 6.07) is 3.67. The first kappa shape index (κ1) is 20.5. The van der Waals surface area contributed by atoms with Crippen molar-refractivity contribution in [2.45, 2.75) is 66.3 Å². The zero-order valence-corrected chi connectivity index (χ0v) is 16.3. The second-order valence-corrected chi connectivity index (χ2v) is 6.90. The Kier molecular flexibility index (Phi) is 5.87. The largest absolute Gasteiger partial charge is 0.497 e. The lowest BCUT2D eigenvalue weighted by Crippen LogP contribution is -2.41. The number of aryl methyl sites for hydroxylation is 1. The lowest BCUT2D eigenvalue weighted by atomic mass is 9.77. The van der Waals surface area contributed by atoms with Gasteiger partial charge in [-0.1, -0.05) is 19.9 Å². The Bertz CT molecular complexity index is 768. The molecule has 3 rings (SSSR count). The molecule has 1 saturated heterocycles. The molecule has 0 saturated carbocycles. The maximum Gasteiger partial charge on any atom is 0.497 e. The second-order valence-electron chi connectivity index (χ2n) is 6.90. The molecular formula is C18H25BF2N2O3. The first-order valence-corrected chi connectivity index (χ1v) is 8.67. The third-order valence-electron chi connectivity index (χ3n) is 4.52. The van der Waals surface area contributed by atoms with Crippen LogP contribution in [0.5, 0.6) is 5.88 Å². The molecule has 2 heterocycles. The Labute approximate surface area is 153 Å². The van der Waals surface area contributed by atoms with E-state index >= 15 is 0 Å². The van der Waals surface area contributed by atoms with Gasteiger partial charge in [-0.05, 0) is 46.2 Å². The molecule has 1 aromatic carbocycles. The molecule has 0 atom stereocenters. The average Bonchev–Trinajstić information content (AvgIpc) is 2.75. The number of rotatable bonds is 3. The molecule has 142 valence electrons. The van der Waals surface area contributed by atoms with Crippen molar-refractivity contribution in [2.75, 3.05) is 0 Å². The van der Waals surface area contributed by atoms with Crippen molar-refractivity contribution in [3.63, 3.8) is 0 Å². The van der Waals surface area contributed by atoms with Crippen molar-refractivity contribution in [2.24, 2.45) is 0 Å². The minimum Gasteiger partial charge on any atom is -0.415 e. The summed E-state index contributed by atoms with van der Waals surface area (Å²) in [6.07, 6.45) is 1.18. The van der Waals surface area contributed by atoms with Gasteiger partial charge in [0, 0.05) is 5.46 Å². The molecule has 8 heteroatoms. The molecule has 5 nitrogen and oxygen atoms in total. The fraction of sp³-hybridized carbons (Fsp3) is 0.556. The number of ether oxygens (including phenoxy) is 1. The molecule has 26 heavy (non-hydrogen) atoms. The summed E-state index contributed by atoms with van der Waals surface area (Å²) in [7, 11) is -0.603. The van der Waals surface area contributed by atoms with Crippen LogP contribution in [0.25, 0.3) is 11.0 Å². The van der Waals surface area contributed by atoms with Crippen LogP contribution in [0.3, 0.4) is 0 Å². The van der Waals surface area contributed by atoms with E-state index in [2.05, 4.69) is 14.7 Å². The number of halogens is 2. The maximum atomic E-state index is 12.4. The number of benzene rings is 1. The molecule has 2 aromatic rings. The van der Waals surface area contributed by atoms with Crippen LogP contribution in [0.4, 0.5) is 8.78 Å². The predicted octanol–water partition coefficient (Wildman–Crippen LogP) is 3.87. The zero-order chi connectivity index (χ0) is 19.7. The highest BCUT2D eigenvalue weighted by atomic mass is 19.3. The van der Waals surface area contributed by atoms with Gasteiger partial charge in [-0.15, -0.1) is 0 Å². The van der Waals surface area contributed by atoms with E-state index in [9.17, 15) is 8.78 Å². The van der Waals surface area contributed by atoms with Gasteiger partial charge < -0.3 is 14.0 Å². The first-order valence-electron chi connectivity index (χ1n) is 8.67. The summed E-state index contributed by atoms with van der Waals surface area (Å²) in [6.45, 7) is 10.8. The molecule has 0 bridgehead atoms. The van der Waals surface area contributed by atoms with Crippen molar-refractivity contribution < 1.29 is 22.8 Å². The molecule has 1 aromatic heterocycles. The van der Waals surface area contributed by atoms with E-state index in [4.69, 9.17) is 9.31 Å². The van der Waals surface area contributed by atoms with Gasteiger partial charge in [0.15, 0.2) is 0 Å². The van der Waals surface area contributed by atoms with Gasteiger partial charge in [0.1, 0.15) is 0 Å². The standard InChI is InChI=1S/C16H19BF2N2O3.C2H6/c1-9-6-10(17-23-15(2,3)16(4,5)24-17)13-11(7-9)21-12(8-20-13)22-14(18)19;1-2/h6-8,14H,1-5H3;1-2H3. The fourth-order valence-corrected chi connectivity index (χ4v) is 2.58. The summed E-state index contributed by atoms with van der Waals surface area (Å²) < 4.78 is 41.2. The molecule has 0 radical (unpaired) electrons. The number of hydrogen-bond acceptors (Lipinski definition) is 5. The third-order valence-corrected chi connectivity index (χ3v) is 4.52. The molecule has 1 aliphatic heterocycles. The van der Waals surface area contributed by atoms with E-state index in [0.29, 0.717) is 11.0 Å². The molecule has 0 amide bonds.